The second-order valence-corrected chi connectivity index (χ2v) is 5.94. The van der Waals surface area contributed by atoms with Crippen molar-refractivity contribution in [3.05, 3.63) is 47.3 Å². The normalized spacial score (nSPS) is 14.5. The first-order valence-corrected chi connectivity index (χ1v) is 7.59. The molecular formula is C17H16F3N3O. The van der Waals surface area contributed by atoms with Crippen LogP contribution in [0.4, 0.5) is 24.8 Å². The van der Waals surface area contributed by atoms with E-state index >= 15 is 0 Å². The highest BCUT2D eigenvalue weighted by atomic mass is 19.4. The molecule has 1 aliphatic rings. The molecule has 4 nitrogen and oxygen atoms in total. The average Bonchev–Trinajstić information content (AvgIpc) is 3.30. The SMILES string of the molecule is Cc1cc(C)nc(N(C(=O)C2CC2)c2ccc(C(F)(F)F)cc2)n1. The van der Waals surface area contributed by atoms with Gasteiger partial charge in [-0.25, -0.2) is 14.9 Å². The van der Waals surface area contributed by atoms with Crippen molar-refractivity contribution in [2.24, 2.45) is 5.92 Å². The number of halogens is 3. The van der Waals surface area contributed by atoms with E-state index in [0.717, 1.165) is 25.0 Å². The zero-order valence-corrected chi connectivity index (χ0v) is 13.3. The lowest BCUT2D eigenvalue weighted by Crippen LogP contribution is -2.29. The fourth-order valence-electron chi connectivity index (χ4n) is 2.46. The first-order valence-electron chi connectivity index (χ1n) is 7.59. The van der Waals surface area contributed by atoms with E-state index in [1.54, 1.807) is 19.9 Å². The fourth-order valence-corrected chi connectivity index (χ4v) is 2.46. The van der Waals surface area contributed by atoms with Gasteiger partial charge in [-0.2, -0.15) is 13.2 Å². The van der Waals surface area contributed by atoms with E-state index in [2.05, 4.69) is 9.97 Å². The molecule has 1 saturated carbocycles. The largest absolute Gasteiger partial charge is 0.416 e. The predicted molar refractivity (Wildman–Crippen MR) is 82.8 cm³/mol. The Labute approximate surface area is 137 Å². The molecule has 1 fully saturated rings. The third-order valence-corrected chi connectivity index (χ3v) is 3.77. The van der Waals surface area contributed by atoms with Gasteiger partial charge in [0.05, 0.1) is 11.3 Å². The van der Waals surface area contributed by atoms with E-state index in [4.69, 9.17) is 0 Å². The molecule has 3 rings (SSSR count). The topological polar surface area (TPSA) is 46.1 Å². The van der Waals surface area contributed by atoms with Crippen LogP contribution in [0.2, 0.25) is 0 Å². The van der Waals surface area contributed by atoms with E-state index in [0.29, 0.717) is 17.1 Å². The Hall–Kier alpha value is -2.44. The summed E-state index contributed by atoms with van der Waals surface area (Å²) in [6.45, 7) is 3.56. The van der Waals surface area contributed by atoms with Crippen molar-refractivity contribution in [1.29, 1.82) is 0 Å². The molecule has 0 aliphatic heterocycles. The van der Waals surface area contributed by atoms with Gasteiger partial charge in [0.1, 0.15) is 0 Å². The highest BCUT2D eigenvalue weighted by Gasteiger charge is 2.36. The number of benzene rings is 1. The number of carbonyl (C=O) groups excluding carboxylic acids is 1. The predicted octanol–water partition coefficient (Wildman–Crippen LogP) is 4.19. The van der Waals surface area contributed by atoms with Crippen LogP contribution in [0.5, 0.6) is 0 Å². The van der Waals surface area contributed by atoms with E-state index in [1.165, 1.54) is 17.0 Å². The number of hydrogen-bond acceptors (Lipinski definition) is 3. The summed E-state index contributed by atoms with van der Waals surface area (Å²) in [5, 5.41) is 0. The van der Waals surface area contributed by atoms with E-state index in [-0.39, 0.29) is 17.8 Å². The highest BCUT2D eigenvalue weighted by Crippen LogP contribution is 2.37. The fraction of sp³-hybridized carbons (Fsp3) is 0.353. The Balaban J connectivity index is 2.03. The van der Waals surface area contributed by atoms with Crippen LogP contribution in [-0.2, 0) is 11.0 Å². The molecule has 0 saturated heterocycles. The highest BCUT2D eigenvalue weighted by molar-refractivity contribution is 6.01. The Morgan fingerprint density at radius 3 is 2.08 bits per heavy atom. The van der Waals surface area contributed by atoms with Gasteiger partial charge >= 0.3 is 6.18 Å². The lowest BCUT2D eigenvalue weighted by molar-refractivity contribution is -0.137. The van der Waals surface area contributed by atoms with Crippen molar-refractivity contribution in [2.45, 2.75) is 32.9 Å². The van der Waals surface area contributed by atoms with Crippen molar-refractivity contribution in [3.63, 3.8) is 0 Å². The minimum absolute atomic E-state index is 0.114. The first-order chi connectivity index (χ1) is 11.3. The maximum atomic E-state index is 12.7. The number of amides is 1. The van der Waals surface area contributed by atoms with Gasteiger partial charge in [-0.05, 0) is 57.0 Å². The number of aromatic nitrogens is 2. The van der Waals surface area contributed by atoms with E-state index < -0.39 is 11.7 Å². The molecular weight excluding hydrogens is 319 g/mol. The molecule has 1 aromatic heterocycles. The van der Waals surface area contributed by atoms with Gasteiger partial charge in [0, 0.05) is 17.3 Å². The minimum Gasteiger partial charge on any atom is -0.274 e. The molecule has 0 bridgehead atoms. The monoisotopic (exact) mass is 335 g/mol. The minimum atomic E-state index is -4.42. The molecule has 7 heteroatoms. The second kappa shape index (κ2) is 5.89. The summed E-state index contributed by atoms with van der Waals surface area (Å²) in [5.74, 6) is -0.0966. The quantitative estimate of drug-likeness (QED) is 0.845. The summed E-state index contributed by atoms with van der Waals surface area (Å²) in [6, 6.07) is 6.26. The average molecular weight is 335 g/mol. The van der Waals surface area contributed by atoms with Gasteiger partial charge in [-0.3, -0.25) is 4.79 Å². The molecule has 24 heavy (non-hydrogen) atoms. The number of hydrogen-bond donors (Lipinski definition) is 0. The van der Waals surface area contributed by atoms with Gasteiger partial charge in [0.2, 0.25) is 11.9 Å². The molecule has 0 unspecified atom stereocenters. The van der Waals surface area contributed by atoms with Gasteiger partial charge in [0.15, 0.2) is 0 Å². The number of nitrogens with zero attached hydrogens (tertiary/aromatic N) is 3. The van der Waals surface area contributed by atoms with Crippen LogP contribution in [0.1, 0.15) is 29.8 Å². The van der Waals surface area contributed by atoms with Crippen molar-refractivity contribution in [3.8, 4) is 0 Å². The van der Waals surface area contributed by atoms with Crippen LogP contribution in [0.15, 0.2) is 30.3 Å². The molecule has 126 valence electrons. The molecule has 2 aromatic rings. The molecule has 1 aromatic carbocycles. The van der Waals surface area contributed by atoms with Gasteiger partial charge in [-0.1, -0.05) is 0 Å². The summed E-state index contributed by atoms with van der Waals surface area (Å²) in [5.41, 5.74) is 0.965. The lowest BCUT2D eigenvalue weighted by Gasteiger charge is -2.22. The molecule has 1 heterocycles. The molecule has 0 atom stereocenters. The van der Waals surface area contributed by atoms with Crippen LogP contribution >= 0.6 is 0 Å². The molecule has 0 N–H and O–H groups in total. The van der Waals surface area contributed by atoms with E-state index in [9.17, 15) is 18.0 Å². The van der Waals surface area contributed by atoms with Crippen LogP contribution in [0, 0.1) is 19.8 Å². The standard InChI is InChI=1S/C17H16F3N3O/c1-10-9-11(2)22-16(21-10)23(15(24)12-3-4-12)14-7-5-13(6-8-14)17(18,19)20/h5-9,12H,3-4H2,1-2H3. The molecule has 1 amide bonds. The number of carbonyl (C=O) groups is 1. The number of aryl methyl sites for hydroxylation is 2. The summed E-state index contributed by atoms with van der Waals surface area (Å²) in [6.07, 6.45) is -2.86. The summed E-state index contributed by atoms with van der Waals surface area (Å²) >= 11 is 0. The van der Waals surface area contributed by atoms with Crippen molar-refractivity contribution >= 4 is 17.5 Å². The van der Waals surface area contributed by atoms with Gasteiger partial charge in [0.25, 0.3) is 0 Å². The van der Waals surface area contributed by atoms with Crippen LogP contribution < -0.4 is 4.90 Å². The number of alkyl halides is 3. The van der Waals surface area contributed by atoms with Gasteiger partial charge < -0.3 is 0 Å². The van der Waals surface area contributed by atoms with Crippen molar-refractivity contribution in [2.75, 3.05) is 4.90 Å². The van der Waals surface area contributed by atoms with Crippen LogP contribution in [0.25, 0.3) is 0 Å². The third-order valence-electron chi connectivity index (χ3n) is 3.77. The van der Waals surface area contributed by atoms with Crippen LogP contribution in [0.3, 0.4) is 0 Å². The summed E-state index contributed by atoms with van der Waals surface area (Å²) < 4.78 is 38.2. The zero-order chi connectivity index (χ0) is 17.5. The van der Waals surface area contributed by atoms with Crippen molar-refractivity contribution < 1.29 is 18.0 Å². The summed E-state index contributed by atoms with van der Waals surface area (Å²) in [7, 11) is 0. The zero-order valence-electron chi connectivity index (χ0n) is 13.3. The van der Waals surface area contributed by atoms with Crippen molar-refractivity contribution in [1.82, 2.24) is 9.97 Å². The number of rotatable bonds is 3. The second-order valence-electron chi connectivity index (χ2n) is 5.94. The first kappa shape index (κ1) is 16.4. The van der Waals surface area contributed by atoms with Crippen LogP contribution in [-0.4, -0.2) is 15.9 Å². The number of anilines is 2. The summed E-state index contributed by atoms with van der Waals surface area (Å²) in [4.78, 5) is 22.5. The maximum absolute atomic E-state index is 12.7. The molecule has 1 aliphatic carbocycles. The Kier molecular flexibility index (Phi) is 4.03. The molecule has 0 radical (unpaired) electrons. The molecule has 0 spiro atoms. The van der Waals surface area contributed by atoms with Gasteiger partial charge in [-0.15, -0.1) is 0 Å². The Morgan fingerprint density at radius 2 is 1.62 bits per heavy atom. The van der Waals surface area contributed by atoms with E-state index in [1.807, 2.05) is 0 Å². The Morgan fingerprint density at radius 1 is 1.08 bits per heavy atom. The lowest BCUT2D eigenvalue weighted by atomic mass is 10.2. The third kappa shape index (κ3) is 3.39. The smallest absolute Gasteiger partial charge is 0.274 e. The Bertz CT molecular complexity index is 747. The maximum Gasteiger partial charge on any atom is 0.416 e.